The first-order valence-electron chi connectivity index (χ1n) is 5.25. The van der Waals surface area contributed by atoms with Gasteiger partial charge in [-0.2, -0.15) is 0 Å². The van der Waals surface area contributed by atoms with Gasteiger partial charge in [-0.1, -0.05) is 12.1 Å². The fraction of sp³-hybridized carbons (Fsp3) is 0.231. The SMILES string of the molecule is COc1cccc(-c2cc(CCN)cs2)c1. The second kappa shape index (κ2) is 5.14. The lowest BCUT2D eigenvalue weighted by Gasteiger charge is -2.01. The zero-order valence-corrected chi connectivity index (χ0v) is 10.1. The molecule has 84 valence electrons. The number of nitrogens with two attached hydrogens (primary N) is 1. The first-order chi connectivity index (χ1) is 7.83. The lowest BCUT2D eigenvalue weighted by Crippen LogP contribution is -2.01. The molecule has 0 unspecified atom stereocenters. The molecule has 16 heavy (non-hydrogen) atoms. The van der Waals surface area contributed by atoms with Crippen LogP contribution in [-0.4, -0.2) is 13.7 Å². The molecule has 0 amide bonds. The van der Waals surface area contributed by atoms with Crippen LogP contribution < -0.4 is 10.5 Å². The molecule has 0 bridgehead atoms. The van der Waals surface area contributed by atoms with Crippen molar-refractivity contribution in [3.63, 3.8) is 0 Å². The summed E-state index contributed by atoms with van der Waals surface area (Å²) >= 11 is 1.75. The number of methoxy groups -OCH3 is 1. The van der Waals surface area contributed by atoms with Crippen LogP contribution in [0.1, 0.15) is 5.56 Å². The van der Waals surface area contributed by atoms with Crippen LogP contribution in [0.5, 0.6) is 5.75 Å². The summed E-state index contributed by atoms with van der Waals surface area (Å²) in [5, 5.41) is 2.17. The number of benzene rings is 1. The van der Waals surface area contributed by atoms with Crippen LogP contribution in [0.3, 0.4) is 0 Å². The molecule has 2 rings (SSSR count). The Morgan fingerprint density at radius 2 is 2.19 bits per heavy atom. The maximum Gasteiger partial charge on any atom is 0.119 e. The Balaban J connectivity index is 2.27. The summed E-state index contributed by atoms with van der Waals surface area (Å²) in [5.41, 5.74) is 8.05. The second-order valence-electron chi connectivity index (χ2n) is 3.59. The van der Waals surface area contributed by atoms with Crippen molar-refractivity contribution in [1.82, 2.24) is 0 Å². The van der Waals surface area contributed by atoms with Crippen LogP contribution in [0, 0.1) is 0 Å². The van der Waals surface area contributed by atoms with E-state index in [0.717, 1.165) is 12.2 Å². The molecule has 0 aliphatic heterocycles. The Bertz CT molecular complexity index is 464. The fourth-order valence-corrected chi connectivity index (χ4v) is 2.55. The highest BCUT2D eigenvalue weighted by Gasteiger charge is 2.03. The highest BCUT2D eigenvalue weighted by atomic mass is 32.1. The van der Waals surface area contributed by atoms with Crippen LogP contribution in [0.15, 0.2) is 35.7 Å². The maximum absolute atomic E-state index is 5.54. The van der Waals surface area contributed by atoms with Crippen LogP contribution in [-0.2, 0) is 6.42 Å². The minimum Gasteiger partial charge on any atom is -0.497 e. The standard InChI is InChI=1S/C13H15NOS/c1-15-12-4-2-3-11(8-12)13-7-10(5-6-14)9-16-13/h2-4,7-9H,5-6,14H2,1H3. The Hall–Kier alpha value is -1.32. The molecular weight excluding hydrogens is 218 g/mol. The van der Waals surface area contributed by atoms with Crippen molar-refractivity contribution in [2.24, 2.45) is 5.73 Å². The predicted octanol–water partition coefficient (Wildman–Crippen LogP) is 2.92. The van der Waals surface area contributed by atoms with Crippen molar-refractivity contribution in [2.45, 2.75) is 6.42 Å². The average molecular weight is 233 g/mol. The van der Waals surface area contributed by atoms with Gasteiger partial charge in [0.1, 0.15) is 5.75 Å². The van der Waals surface area contributed by atoms with E-state index in [1.165, 1.54) is 16.0 Å². The van der Waals surface area contributed by atoms with Gasteiger partial charge in [0.05, 0.1) is 7.11 Å². The van der Waals surface area contributed by atoms with Crippen molar-refractivity contribution in [3.8, 4) is 16.2 Å². The summed E-state index contributed by atoms with van der Waals surface area (Å²) in [4.78, 5) is 1.27. The zero-order chi connectivity index (χ0) is 11.4. The van der Waals surface area contributed by atoms with E-state index in [1.807, 2.05) is 12.1 Å². The number of rotatable bonds is 4. The third kappa shape index (κ3) is 2.43. The topological polar surface area (TPSA) is 35.2 Å². The zero-order valence-electron chi connectivity index (χ0n) is 9.27. The molecule has 0 saturated carbocycles. The highest BCUT2D eigenvalue weighted by molar-refractivity contribution is 7.13. The minimum absolute atomic E-state index is 0.703. The Morgan fingerprint density at radius 3 is 2.94 bits per heavy atom. The molecule has 0 saturated heterocycles. The number of hydrogen-bond acceptors (Lipinski definition) is 3. The first-order valence-corrected chi connectivity index (χ1v) is 6.13. The molecule has 1 heterocycles. The molecular formula is C13H15NOS. The third-order valence-electron chi connectivity index (χ3n) is 2.44. The smallest absolute Gasteiger partial charge is 0.119 e. The van der Waals surface area contributed by atoms with E-state index in [1.54, 1.807) is 18.4 Å². The summed E-state index contributed by atoms with van der Waals surface area (Å²) in [5.74, 6) is 0.895. The maximum atomic E-state index is 5.54. The molecule has 2 nitrogen and oxygen atoms in total. The molecule has 1 aromatic heterocycles. The second-order valence-corrected chi connectivity index (χ2v) is 4.50. The highest BCUT2D eigenvalue weighted by Crippen LogP contribution is 2.29. The van der Waals surface area contributed by atoms with E-state index in [0.29, 0.717) is 6.54 Å². The van der Waals surface area contributed by atoms with E-state index >= 15 is 0 Å². The molecule has 3 heteroatoms. The molecule has 2 N–H and O–H groups in total. The summed E-state index contributed by atoms with van der Waals surface area (Å²) in [6.07, 6.45) is 0.945. The van der Waals surface area contributed by atoms with Gasteiger partial charge in [0.2, 0.25) is 0 Å². The number of hydrogen-bond donors (Lipinski definition) is 1. The summed E-state index contributed by atoms with van der Waals surface area (Å²) in [6, 6.07) is 10.3. The van der Waals surface area contributed by atoms with Gasteiger partial charge in [-0.3, -0.25) is 0 Å². The fourth-order valence-electron chi connectivity index (χ4n) is 1.60. The molecule has 0 aliphatic carbocycles. The first kappa shape index (κ1) is 11.2. The number of ether oxygens (including phenoxy) is 1. The molecule has 1 aromatic carbocycles. The quantitative estimate of drug-likeness (QED) is 0.881. The molecule has 0 radical (unpaired) electrons. The van der Waals surface area contributed by atoms with Crippen LogP contribution in [0.2, 0.25) is 0 Å². The normalized spacial score (nSPS) is 10.4. The van der Waals surface area contributed by atoms with Gasteiger partial charge in [0.15, 0.2) is 0 Å². The lowest BCUT2D eigenvalue weighted by atomic mass is 10.1. The minimum atomic E-state index is 0.703. The van der Waals surface area contributed by atoms with E-state index in [-0.39, 0.29) is 0 Å². The van der Waals surface area contributed by atoms with Gasteiger partial charge in [-0.05, 0) is 47.7 Å². The van der Waals surface area contributed by atoms with Gasteiger partial charge >= 0.3 is 0 Å². The van der Waals surface area contributed by atoms with Crippen molar-refractivity contribution >= 4 is 11.3 Å². The van der Waals surface area contributed by atoms with Crippen LogP contribution in [0.4, 0.5) is 0 Å². The van der Waals surface area contributed by atoms with Gasteiger partial charge in [0.25, 0.3) is 0 Å². The van der Waals surface area contributed by atoms with Gasteiger partial charge in [0, 0.05) is 4.88 Å². The largest absolute Gasteiger partial charge is 0.497 e. The van der Waals surface area contributed by atoms with Crippen molar-refractivity contribution < 1.29 is 4.74 Å². The monoisotopic (exact) mass is 233 g/mol. The third-order valence-corrected chi connectivity index (χ3v) is 3.47. The van der Waals surface area contributed by atoms with Gasteiger partial charge in [-0.25, -0.2) is 0 Å². The van der Waals surface area contributed by atoms with E-state index < -0.39 is 0 Å². The van der Waals surface area contributed by atoms with Gasteiger partial charge < -0.3 is 10.5 Å². The Morgan fingerprint density at radius 1 is 1.31 bits per heavy atom. The van der Waals surface area contributed by atoms with Crippen molar-refractivity contribution in [2.75, 3.05) is 13.7 Å². The lowest BCUT2D eigenvalue weighted by molar-refractivity contribution is 0.415. The van der Waals surface area contributed by atoms with Crippen molar-refractivity contribution in [3.05, 3.63) is 41.3 Å². The summed E-state index contributed by atoms with van der Waals surface area (Å²) in [7, 11) is 1.69. The van der Waals surface area contributed by atoms with E-state index in [9.17, 15) is 0 Å². The Labute approximate surface area is 99.7 Å². The van der Waals surface area contributed by atoms with E-state index in [4.69, 9.17) is 10.5 Å². The predicted molar refractivity (Wildman–Crippen MR) is 69.1 cm³/mol. The van der Waals surface area contributed by atoms with Crippen LogP contribution in [0.25, 0.3) is 10.4 Å². The number of thiophene rings is 1. The molecule has 0 atom stereocenters. The van der Waals surface area contributed by atoms with Crippen molar-refractivity contribution in [1.29, 1.82) is 0 Å². The molecule has 0 fully saturated rings. The average Bonchev–Trinajstić information content (AvgIpc) is 2.78. The van der Waals surface area contributed by atoms with Crippen LogP contribution >= 0.6 is 11.3 Å². The van der Waals surface area contributed by atoms with E-state index in [2.05, 4.69) is 23.6 Å². The summed E-state index contributed by atoms with van der Waals surface area (Å²) in [6.45, 7) is 0.703. The molecule has 0 spiro atoms. The van der Waals surface area contributed by atoms with Gasteiger partial charge in [-0.15, -0.1) is 11.3 Å². The molecule has 2 aromatic rings. The molecule has 0 aliphatic rings. The summed E-state index contributed by atoms with van der Waals surface area (Å²) < 4.78 is 5.22. The Kier molecular flexibility index (Phi) is 3.59.